The van der Waals surface area contributed by atoms with E-state index in [1.807, 2.05) is 13.8 Å². The van der Waals surface area contributed by atoms with Crippen molar-refractivity contribution in [2.24, 2.45) is 11.7 Å². The van der Waals surface area contributed by atoms with Gasteiger partial charge in [-0.15, -0.1) is 0 Å². The molecule has 0 aliphatic heterocycles. The molecule has 5 N–H and O–H groups in total. The van der Waals surface area contributed by atoms with Crippen molar-refractivity contribution in [2.75, 3.05) is 10.6 Å². The van der Waals surface area contributed by atoms with Gasteiger partial charge in [0.1, 0.15) is 0 Å². The maximum absolute atomic E-state index is 12.3. The molecule has 2 unspecified atom stereocenters. The molecule has 1 aromatic carbocycles. The molecule has 0 heterocycles. The van der Waals surface area contributed by atoms with Gasteiger partial charge in [0.25, 0.3) is 0 Å². The molecule has 2 atom stereocenters. The summed E-state index contributed by atoms with van der Waals surface area (Å²) in [6.07, 6.45) is 3.66. The number of urea groups is 1. The number of nitrogens with two attached hydrogens (primary N) is 1. The Labute approximate surface area is 137 Å². The van der Waals surface area contributed by atoms with Crippen LogP contribution >= 0.6 is 0 Å². The second-order valence-corrected chi connectivity index (χ2v) is 6.44. The first-order valence-electron chi connectivity index (χ1n) is 8.18. The van der Waals surface area contributed by atoms with Crippen LogP contribution in [-0.2, 0) is 4.79 Å². The lowest BCUT2D eigenvalue weighted by atomic mass is 9.85. The van der Waals surface area contributed by atoms with E-state index in [0.717, 1.165) is 31.4 Å². The summed E-state index contributed by atoms with van der Waals surface area (Å²) < 4.78 is 0. The van der Waals surface area contributed by atoms with Crippen LogP contribution in [0.3, 0.4) is 0 Å². The van der Waals surface area contributed by atoms with E-state index in [4.69, 9.17) is 5.73 Å². The molecule has 0 saturated heterocycles. The number of rotatable bonds is 4. The molecular weight excluding hydrogens is 292 g/mol. The van der Waals surface area contributed by atoms with Gasteiger partial charge in [-0.3, -0.25) is 4.79 Å². The van der Waals surface area contributed by atoms with Gasteiger partial charge in [-0.2, -0.15) is 0 Å². The summed E-state index contributed by atoms with van der Waals surface area (Å²) in [5, 5.41) is 8.42. The van der Waals surface area contributed by atoms with Crippen molar-refractivity contribution < 1.29 is 9.59 Å². The third kappa shape index (κ3) is 5.56. The van der Waals surface area contributed by atoms with Gasteiger partial charge in [-0.1, -0.05) is 6.42 Å². The Morgan fingerprint density at radius 2 is 1.70 bits per heavy atom. The highest BCUT2D eigenvalue weighted by Gasteiger charge is 2.25. The van der Waals surface area contributed by atoms with E-state index >= 15 is 0 Å². The Morgan fingerprint density at radius 1 is 1.09 bits per heavy atom. The topological polar surface area (TPSA) is 96.2 Å². The van der Waals surface area contributed by atoms with E-state index in [1.54, 1.807) is 24.3 Å². The third-order valence-corrected chi connectivity index (χ3v) is 3.92. The highest BCUT2D eigenvalue weighted by molar-refractivity contribution is 5.93. The molecule has 0 aromatic heterocycles. The molecule has 1 aliphatic rings. The van der Waals surface area contributed by atoms with Crippen molar-refractivity contribution in [1.82, 2.24) is 5.32 Å². The summed E-state index contributed by atoms with van der Waals surface area (Å²) in [7, 11) is 0. The lowest BCUT2D eigenvalue weighted by Crippen LogP contribution is -2.34. The Balaban J connectivity index is 1.87. The number of anilines is 2. The molecule has 0 bridgehead atoms. The minimum atomic E-state index is -0.243. The molecule has 23 heavy (non-hydrogen) atoms. The number of hydrogen-bond acceptors (Lipinski definition) is 3. The summed E-state index contributed by atoms with van der Waals surface area (Å²) in [5.41, 5.74) is 7.34. The van der Waals surface area contributed by atoms with Crippen molar-refractivity contribution in [3.63, 3.8) is 0 Å². The molecule has 1 aliphatic carbocycles. The zero-order valence-electron chi connectivity index (χ0n) is 13.8. The van der Waals surface area contributed by atoms with Crippen LogP contribution in [-0.4, -0.2) is 24.0 Å². The quantitative estimate of drug-likeness (QED) is 0.687. The van der Waals surface area contributed by atoms with E-state index < -0.39 is 0 Å². The first-order chi connectivity index (χ1) is 10.9. The average molecular weight is 318 g/mol. The zero-order chi connectivity index (χ0) is 16.8. The van der Waals surface area contributed by atoms with Crippen LogP contribution in [0, 0.1) is 5.92 Å². The van der Waals surface area contributed by atoms with Crippen LogP contribution in [0.5, 0.6) is 0 Å². The fraction of sp³-hybridized carbons (Fsp3) is 0.529. The zero-order valence-corrected chi connectivity index (χ0v) is 13.8. The van der Waals surface area contributed by atoms with Gasteiger partial charge in [0.2, 0.25) is 5.91 Å². The maximum Gasteiger partial charge on any atom is 0.319 e. The summed E-state index contributed by atoms with van der Waals surface area (Å²) in [5.74, 6) is 0.0202. The van der Waals surface area contributed by atoms with E-state index in [1.165, 1.54) is 0 Å². The molecule has 2 rings (SSSR count). The Bertz CT molecular complexity index is 542. The van der Waals surface area contributed by atoms with Crippen molar-refractivity contribution in [1.29, 1.82) is 0 Å². The number of hydrogen-bond donors (Lipinski definition) is 4. The summed E-state index contributed by atoms with van der Waals surface area (Å²) in [6.45, 7) is 3.80. The SMILES string of the molecule is CC(C)NC(=O)Nc1ccc(NC(=O)C2CCCC(N)C2)cc1. The van der Waals surface area contributed by atoms with Crippen LogP contribution in [0.4, 0.5) is 16.2 Å². The monoisotopic (exact) mass is 318 g/mol. The number of benzene rings is 1. The summed E-state index contributed by atoms with van der Waals surface area (Å²) in [6, 6.07) is 7.07. The van der Waals surface area contributed by atoms with E-state index in [2.05, 4.69) is 16.0 Å². The minimum Gasteiger partial charge on any atom is -0.336 e. The van der Waals surface area contributed by atoms with Crippen molar-refractivity contribution >= 4 is 23.3 Å². The van der Waals surface area contributed by atoms with E-state index in [-0.39, 0.29) is 29.9 Å². The third-order valence-electron chi connectivity index (χ3n) is 3.92. The second kappa shape index (κ2) is 7.97. The lowest BCUT2D eigenvalue weighted by Gasteiger charge is -2.25. The van der Waals surface area contributed by atoms with Crippen LogP contribution in [0.2, 0.25) is 0 Å². The second-order valence-electron chi connectivity index (χ2n) is 6.44. The normalized spacial score (nSPS) is 20.9. The van der Waals surface area contributed by atoms with Crippen molar-refractivity contribution in [3.8, 4) is 0 Å². The minimum absolute atomic E-state index is 0.00614. The predicted molar refractivity (Wildman–Crippen MR) is 92.3 cm³/mol. The van der Waals surface area contributed by atoms with Crippen molar-refractivity contribution in [2.45, 2.75) is 51.6 Å². The molecule has 1 fully saturated rings. The van der Waals surface area contributed by atoms with Gasteiger partial charge in [-0.25, -0.2) is 4.79 Å². The van der Waals surface area contributed by atoms with E-state index in [0.29, 0.717) is 5.69 Å². The highest BCUT2D eigenvalue weighted by Crippen LogP contribution is 2.24. The number of amides is 3. The molecule has 0 spiro atoms. The Hall–Kier alpha value is -2.08. The van der Waals surface area contributed by atoms with Crippen LogP contribution in [0.15, 0.2) is 24.3 Å². The maximum atomic E-state index is 12.3. The van der Waals surface area contributed by atoms with Gasteiger partial charge < -0.3 is 21.7 Å². The summed E-state index contributed by atoms with van der Waals surface area (Å²) >= 11 is 0. The number of carbonyl (C=O) groups excluding carboxylic acids is 2. The Morgan fingerprint density at radius 3 is 2.26 bits per heavy atom. The summed E-state index contributed by atoms with van der Waals surface area (Å²) in [4.78, 5) is 23.9. The van der Waals surface area contributed by atoms with Crippen molar-refractivity contribution in [3.05, 3.63) is 24.3 Å². The molecule has 126 valence electrons. The molecule has 0 radical (unpaired) electrons. The average Bonchev–Trinajstić information content (AvgIpc) is 2.48. The predicted octanol–water partition coefficient (Wildman–Crippen LogP) is 2.67. The number of carbonyl (C=O) groups is 2. The van der Waals surface area contributed by atoms with Crippen LogP contribution in [0.25, 0.3) is 0 Å². The fourth-order valence-electron chi connectivity index (χ4n) is 2.78. The first-order valence-corrected chi connectivity index (χ1v) is 8.18. The fourth-order valence-corrected chi connectivity index (χ4v) is 2.78. The van der Waals surface area contributed by atoms with E-state index in [9.17, 15) is 9.59 Å². The van der Waals surface area contributed by atoms with Gasteiger partial charge >= 0.3 is 6.03 Å². The largest absolute Gasteiger partial charge is 0.336 e. The first kappa shape index (κ1) is 17.3. The molecule has 1 aromatic rings. The molecule has 1 saturated carbocycles. The number of nitrogens with one attached hydrogen (secondary N) is 3. The smallest absolute Gasteiger partial charge is 0.319 e. The Kier molecular flexibility index (Phi) is 5.98. The van der Waals surface area contributed by atoms with Crippen LogP contribution in [0.1, 0.15) is 39.5 Å². The van der Waals surface area contributed by atoms with Gasteiger partial charge in [-0.05, 0) is 57.4 Å². The molecule has 3 amide bonds. The highest BCUT2D eigenvalue weighted by atomic mass is 16.2. The lowest BCUT2D eigenvalue weighted by molar-refractivity contribution is -0.120. The molecule has 6 nitrogen and oxygen atoms in total. The van der Waals surface area contributed by atoms with Gasteiger partial charge in [0.05, 0.1) is 0 Å². The molecular formula is C17H26N4O2. The molecule has 6 heteroatoms. The van der Waals surface area contributed by atoms with Gasteiger partial charge in [0.15, 0.2) is 0 Å². The van der Waals surface area contributed by atoms with Gasteiger partial charge in [0, 0.05) is 29.4 Å². The van der Waals surface area contributed by atoms with Crippen LogP contribution < -0.4 is 21.7 Å². The standard InChI is InChI=1S/C17H26N4O2/c1-11(2)19-17(23)21-15-8-6-14(7-9-15)20-16(22)12-4-3-5-13(18)10-12/h6-9,11-13H,3-5,10,18H2,1-2H3,(H,20,22)(H2,19,21,23).